The molecule has 0 heteroatoms. The second-order valence-corrected chi connectivity index (χ2v) is 9.75. The summed E-state index contributed by atoms with van der Waals surface area (Å²) in [5.41, 5.74) is -6.89. The summed E-state index contributed by atoms with van der Waals surface area (Å²) in [5, 5.41) is -6.14. The molecule has 0 aliphatic heterocycles. The highest BCUT2D eigenvalue weighted by Gasteiger charge is 2.19. The molecule has 0 nitrogen and oxygen atoms in total. The van der Waals surface area contributed by atoms with Gasteiger partial charge in [0.1, 0.15) is 0 Å². The van der Waals surface area contributed by atoms with E-state index in [0.717, 1.165) is 0 Å². The summed E-state index contributed by atoms with van der Waals surface area (Å²) < 4.78 is 270. The standard InChI is InChI=1S/C46H30/c1-2-12-31(13-3-1)36-28-29-43-44(30-36)46(40-23-11-17-33-15-5-7-19-39(33)40)42-21-9-8-20-41(42)45(43)35-26-24-34(25-27-35)38-22-10-16-32-14-4-6-18-37(32)38/h1-30H/i1D,2D,3D,4D,5D,6D,7D,8D,9D,10D,11D,12D,13D,14D,15D,16D,17D,18D,19D,20D,21D,22D,23D,24D,25D,26D,27D,28D,29D,30D. The third kappa shape index (κ3) is 4.30. The number of benzene rings is 9. The van der Waals surface area contributed by atoms with Crippen LogP contribution in [0.25, 0.3) is 87.6 Å². The highest BCUT2D eigenvalue weighted by atomic mass is 14.2. The first kappa shape index (κ1) is 10.0. The Morgan fingerprint density at radius 1 is 0.261 bits per heavy atom. The van der Waals surface area contributed by atoms with E-state index in [-0.39, 0.29) is 0 Å². The lowest BCUT2D eigenvalue weighted by atomic mass is 9.83. The van der Waals surface area contributed by atoms with Crippen molar-refractivity contribution in [3.63, 3.8) is 0 Å². The second kappa shape index (κ2) is 10.9. The van der Waals surface area contributed by atoms with E-state index in [2.05, 4.69) is 0 Å². The van der Waals surface area contributed by atoms with E-state index >= 15 is 0 Å². The van der Waals surface area contributed by atoms with Gasteiger partial charge in [-0.2, -0.15) is 0 Å². The van der Waals surface area contributed by atoms with E-state index < -0.39 is 269 Å². The van der Waals surface area contributed by atoms with Crippen LogP contribution in [0.15, 0.2) is 181 Å². The topological polar surface area (TPSA) is 0 Å². The number of fused-ring (bicyclic) bond motifs is 4. The zero-order valence-corrected chi connectivity index (χ0v) is 23.0. The lowest BCUT2D eigenvalue weighted by molar-refractivity contribution is 1.62. The molecule has 9 rings (SSSR count). The third-order valence-electron chi connectivity index (χ3n) is 7.25. The molecule has 0 bridgehead atoms. The van der Waals surface area contributed by atoms with Crippen molar-refractivity contribution in [3.05, 3.63) is 181 Å². The van der Waals surface area contributed by atoms with Crippen LogP contribution in [-0.4, -0.2) is 0 Å². The molecule has 0 saturated heterocycles. The average Bonchev–Trinajstić information content (AvgIpc) is 3.40. The Morgan fingerprint density at radius 3 is 1.43 bits per heavy atom. The molecule has 0 aliphatic rings. The van der Waals surface area contributed by atoms with Gasteiger partial charge in [-0.3, -0.25) is 0 Å². The Morgan fingerprint density at radius 2 is 0.739 bits per heavy atom. The molecular formula is C46H30. The van der Waals surface area contributed by atoms with Crippen LogP contribution in [0.1, 0.15) is 41.1 Å². The molecule has 0 heterocycles. The molecule has 46 heavy (non-hydrogen) atoms. The predicted molar refractivity (Wildman–Crippen MR) is 198 cm³/mol. The molecule has 214 valence electrons. The van der Waals surface area contributed by atoms with Crippen molar-refractivity contribution < 1.29 is 41.1 Å². The van der Waals surface area contributed by atoms with Crippen LogP contribution in [0.5, 0.6) is 0 Å². The first-order chi connectivity index (χ1) is 35.3. The Kier molecular flexibility index (Phi) is 2.37. The molecule has 0 unspecified atom stereocenters. The summed E-state index contributed by atoms with van der Waals surface area (Å²) in [6, 6.07) is -30.2. The van der Waals surface area contributed by atoms with Crippen LogP contribution < -0.4 is 0 Å². The maximum absolute atomic E-state index is 10.0. The van der Waals surface area contributed by atoms with E-state index in [1.807, 2.05) is 0 Å². The molecule has 0 saturated carbocycles. The van der Waals surface area contributed by atoms with Crippen LogP contribution >= 0.6 is 0 Å². The molecule has 0 amide bonds. The van der Waals surface area contributed by atoms with Gasteiger partial charge in [-0.25, -0.2) is 0 Å². The van der Waals surface area contributed by atoms with Crippen LogP contribution in [-0.2, 0) is 0 Å². The van der Waals surface area contributed by atoms with Crippen LogP contribution in [0.4, 0.5) is 0 Å². The highest BCUT2D eigenvalue weighted by Crippen LogP contribution is 2.46. The monoisotopic (exact) mass is 612 g/mol. The highest BCUT2D eigenvalue weighted by molar-refractivity contribution is 6.24. The van der Waals surface area contributed by atoms with Gasteiger partial charge in [0.05, 0.1) is 41.1 Å². The molecule has 0 N–H and O–H groups in total. The first-order valence-electron chi connectivity index (χ1n) is 28.5. The van der Waals surface area contributed by atoms with E-state index in [1.54, 1.807) is 0 Å². The summed E-state index contributed by atoms with van der Waals surface area (Å²) in [6.45, 7) is 0. The van der Waals surface area contributed by atoms with Crippen molar-refractivity contribution in [2.24, 2.45) is 0 Å². The van der Waals surface area contributed by atoms with Crippen molar-refractivity contribution in [1.82, 2.24) is 0 Å². The average molecular weight is 613 g/mol. The number of hydrogen-bond donors (Lipinski definition) is 0. The van der Waals surface area contributed by atoms with Gasteiger partial charge in [-0.05, 0) is 93.6 Å². The Bertz CT molecular complexity index is 4200. The number of hydrogen-bond acceptors (Lipinski definition) is 0. The lowest BCUT2D eigenvalue weighted by Crippen LogP contribution is -1.92. The molecule has 0 aliphatic carbocycles. The largest absolute Gasteiger partial charge is 0.0636 e. The summed E-state index contributed by atoms with van der Waals surface area (Å²) in [5.74, 6) is 0. The van der Waals surface area contributed by atoms with Gasteiger partial charge >= 0.3 is 0 Å². The van der Waals surface area contributed by atoms with Crippen molar-refractivity contribution in [3.8, 4) is 44.5 Å². The fourth-order valence-corrected chi connectivity index (χ4v) is 5.28. The Labute approximate surface area is 311 Å². The fraction of sp³-hybridized carbons (Fsp3) is 0. The molecule has 0 radical (unpaired) electrons. The minimum Gasteiger partial charge on any atom is -0.0622 e. The second-order valence-electron chi connectivity index (χ2n) is 9.75. The van der Waals surface area contributed by atoms with Crippen molar-refractivity contribution in [2.75, 3.05) is 0 Å². The van der Waals surface area contributed by atoms with Crippen molar-refractivity contribution >= 4 is 43.1 Å². The maximum atomic E-state index is 10.0. The lowest BCUT2D eigenvalue weighted by Gasteiger charge is -2.20. The van der Waals surface area contributed by atoms with Crippen LogP contribution in [0, 0.1) is 0 Å². The number of rotatable bonds is 4. The fourth-order valence-electron chi connectivity index (χ4n) is 5.28. The van der Waals surface area contributed by atoms with Gasteiger partial charge in [0.15, 0.2) is 0 Å². The van der Waals surface area contributed by atoms with Gasteiger partial charge < -0.3 is 0 Å². The molecule has 0 fully saturated rings. The van der Waals surface area contributed by atoms with Gasteiger partial charge in [0.2, 0.25) is 0 Å². The minimum absolute atomic E-state index is 0.619. The molecule has 0 aromatic heterocycles. The van der Waals surface area contributed by atoms with Crippen molar-refractivity contribution in [2.45, 2.75) is 0 Å². The van der Waals surface area contributed by atoms with Gasteiger partial charge in [0, 0.05) is 0 Å². The van der Waals surface area contributed by atoms with E-state index in [1.165, 1.54) is 0 Å². The summed E-state index contributed by atoms with van der Waals surface area (Å²) >= 11 is 0. The van der Waals surface area contributed by atoms with Gasteiger partial charge in [-0.1, -0.05) is 175 Å². The van der Waals surface area contributed by atoms with Gasteiger partial charge in [-0.15, -0.1) is 0 Å². The molecule has 9 aromatic carbocycles. The zero-order valence-electron chi connectivity index (χ0n) is 53.0. The van der Waals surface area contributed by atoms with Crippen molar-refractivity contribution in [1.29, 1.82) is 0 Å². The first-order valence-corrected chi connectivity index (χ1v) is 13.5. The molecule has 0 spiro atoms. The summed E-state index contributed by atoms with van der Waals surface area (Å²) in [4.78, 5) is 0. The van der Waals surface area contributed by atoms with Crippen LogP contribution in [0.2, 0.25) is 0 Å². The van der Waals surface area contributed by atoms with Gasteiger partial charge in [0.25, 0.3) is 0 Å². The maximum Gasteiger partial charge on any atom is 0.0636 e. The summed E-state index contributed by atoms with van der Waals surface area (Å²) in [6.07, 6.45) is 0. The quantitative estimate of drug-likeness (QED) is 0.173. The molecular weight excluding hydrogens is 553 g/mol. The SMILES string of the molecule is [2H]c1c([2H])c([2H])c(-c2c([2H])c([2H])c3c(-c4c([2H])c([2H])c(-c5c([2H])c([2H])c([2H])c6c([2H])c([2H])c([2H])c([2H])c56)c([2H])c4[2H])c4c([2H])c([2H])c([2H])c([2H])c4c(-c4c([2H])c([2H])c([2H])c5c([2H])c([2H])c([2H])c([2H])c45)c3c2[2H])c([2H])c1[2H]. The zero-order chi connectivity index (χ0) is 56.6. The Balaban J connectivity index is 1.65. The third-order valence-corrected chi connectivity index (χ3v) is 7.25. The Hall–Kier alpha value is -5.98. The predicted octanol–water partition coefficient (Wildman–Crippen LogP) is 13.0. The van der Waals surface area contributed by atoms with Crippen LogP contribution in [0.3, 0.4) is 0 Å². The normalized spacial score (nSPS) is 20.6. The van der Waals surface area contributed by atoms with E-state index in [0.29, 0.717) is 0 Å². The molecule has 0 atom stereocenters. The minimum atomic E-state index is -1.17. The summed E-state index contributed by atoms with van der Waals surface area (Å²) in [7, 11) is 0. The smallest absolute Gasteiger partial charge is 0.0622 e. The van der Waals surface area contributed by atoms with E-state index in [4.69, 9.17) is 27.4 Å². The molecule has 9 aromatic rings. The van der Waals surface area contributed by atoms with E-state index in [9.17, 15) is 13.7 Å².